The van der Waals surface area contributed by atoms with Crippen LogP contribution in [-0.4, -0.2) is 55.9 Å². The maximum Gasteiger partial charge on any atom is 0.318 e. The fraction of sp³-hybridized carbons (Fsp3) is 0.320. The lowest BCUT2D eigenvalue weighted by molar-refractivity contribution is 0.146. The zero-order valence-corrected chi connectivity index (χ0v) is 21.7. The average Bonchev–Trinajstić information content (AvgIpc) is 3.51. The van der Waals surface area contributed by atoms with Gasteiger partial charge in [0.05, 0.1) is 60.2 Å². The predicted molar refractivity (Wildman–Crippen MR) is 138 cm³/mol. The number of nitrogens with zero attached hydrogens (tertiary/aromatic N) is 4. The molecule has 2 N–H and O–H groups in total. The highest BCUT2D eigenvalue weighted by Gasteiger charge is 2.40. The number of thiophene rings is 1. The number of halogens is 5. The number of hydrogen-bond acceptors (Lipinski definition) is 9. The van der Waals surface area contributed by atoms with Crippen LogP contribution in [0.15, 0.2) is 12.1 Å². The van der Waals surface area contributed by atoms with Crippen LogP contribution in [0.4, 0.5) is 28.4 Å². The third-order valence-electron chi connectivity index (χ3n) is 6.94. The van der Waals surface area contributed by atoms with Gasteiger partial charge in [-0.05, 0) is 11.6 Å². The molecular formula is C25H18ClF4N5O3S. The lowest BCUT2D eigenvalue weighted by Crippen LogP contribution is -2.46. The van der Waals surface area contributed by atoms with Crippen molar-refractivity contribution in [3.05, 3.63) is 34.4 Å². The molecule has 0 aliphatic carbocycles. The summed E-state index contributed by atoms with van der Waals surface area (Å²) in [5, 5.41) is 9.65. The smallest absolute Gasteiger partial charge is 0.318 e. The van der Waals surface area contributed by atoms with E-state index >= 15 is 4.39 Å². The number of methoxy groups -OCH3 is 1. The van der Waals surface area contributed by atoms with E-state index in [0.717, 1.165) is 17.4 Å². The second-order valence-corrected chi connectivity index (χ2v) is 10.5. The molecule has 0 spiro atoms. The van der Waals surface area contributed by atoms with Crippen LogP contribution in [0.1, 0.15) is 5.56 Å². The van der Waals surface area contributed by atoms with Crippen LogP contribution in [0.3, 0.4) is 0 Å². The Morgan fingerprint density at radius 2 is 2.05 bits per heavy atom. The molecule has 39 heavy (non-hydrogen) atoms. The SMILES string of the molecule is COc1nc2c3c(c(Cl)c(-c4ccc(F)c5sc(N)c(C#N)c45)c(F)c3n1)OCC1COCC1N2CC(F)F. The first-order valence-corrected chi connectivity index (χ1v) is 12.9. The largest absolute Gasteiger partial charge is 0.491 e. The summed E-state index contributed by atoms with van der Waals surface area (Å²) in [4.78, 5) is 9.86. The molecule has 14 heteroatoms. The Bertz CT molecular complexity index is 1700. The van der Waals surface area contributed by atoms with Crippen molar-refractivity contribution in [3.8, 4) is 29.0 Å². The number of alkyl halides is 2. The summed E-state index contributed by atoms with van der Waals surface area (Å²) >= 11 is 7.67. The first-order valence-electron chi connectivity index (χ1n) is 11.7. The van der Waals surface area contributed by atoms with Crippen molar-refractivity contribution >= 4 is 54.7 Å². The third kappa shape index (κ3) is 3.89. The molecule has 2 aromatic heterocycles. The average molecular weight is 580 g/mol. The van der Waals surface area contributed by atoms with Gasteiger partial charge in [-0.3, -0.25) is 0 Å². The van der Waals surface area contributed by atoms with E-state index in [1.807, 2.05) is 6.07 Å². The fourth-order valence-corrected chi connectivity index (χ4v) is 6.51. The van der Waals surface area contributed by atoms with Crippen LogP contribution in [-0.2, 0) is 4.74 Å². The minimum Gasteiger partial charge on any atom is -0.491 e. The lowest BCUT2D eigenvalue weighted by atomic mass is 9.95. The van der Waals surface area contributed by atoms with Crippen LogP contribution >= 0.6 is 22.9 Å². The fourth-order valence-electron chi connectivity index (χ4n) is 5.22. The summed E-state index contributed by atoms with van der Waals surface area (Å²) in [7, 11) is 1.26. The van der Waals surface area contributed by atoms with Gasteiger partial charge in [0.1, 0.15) is 28.2 Å². The molecule has 0 saturated carbocycles. The zero-order chi connectivity index (χ0) is 27.6. The molecule has 1 saturated heterocycles. The maximum atomic E-state index is 16.5. The van der Waals surface area contributed by atoms with Crippen molar-refractivity contribution < 1.29 is 31.8 Å². The van der Waals surface area contributed by atoms with Crippen molar-refractivity contribution in [2.45, 2.75) is 12.5 Å². The second kappa shape index (κ2) is 9.55. The molecule has 0 radical (unpaired) electrons. The van der Waals surface area contributed by atoms with E-state index in [2.05, 4.69) is 9.97 Å². The van der Waals surface area contributed by atoms with Gasteiger partial charge in [0.25, 0.3) is 6.43 Å². The molecule has 4 aromatic rings. The number of nitrogen functional groups attached to an aromatic ring is 1. The minimum atomic E-state index is -2.74. The normalized spacial score (nSPS) is 18.7. The number of nitrogens with two attached hydrogens (primary N) is 1. The summed E-state index contributed by atoms with van der Waals surface area (Å²) in [6, 6.07) is 3.56. The van der Waals surface area contributed by atoms with Crippen LogP contribution in [0.25, 0.3) is 32.1 Å². The highest BCUT2D eigenvalue weighted by molar-refractivity contribution is 7.23. The number of aromatic nitrogens is 2. The number of nitriles is 1. The van der Waals surface area contributed by atoms with Gasteiger partial charge in [0, 0.05) is 16.9 Å². The van der Waals surface area contributed by atoms with Gasteiger partial charge in [-0.15, -0.1) is 11.3 Å². The van der Waals surface area contributed by atoms with Gasteiger partial charge in [0.2, 0.25) is 0 Å². The number of rotatable bonds is 4. The Labute approximate surface area is 227 Å². The summed E-state index contributed by atoms with van der Waals surface area (Å²) < 4.78 is 75.8. The van der Waals surface area contributed by atoms with E-state index in [4.69, 9.17) is 31.5 Å². The highest BCUT2D eigenvalue weighted by atomic mass is 35.5. The van der Waals surface area contributed by atoms with E-state index in [1.165, 1.54) is 18.1 Å². The molecule has 1 fully saturated rings. The predicted octanol–water partition coefficient (Wildman–Crippen LogP) is 5.38. The Kier molecular flexibility index (Phi) is 6.28. The number of benzene rings is 2. The third-order valence-corrected chi connectivity index (χ3v) is 8.33. The topological polar surface area (TPSA) is 107 Å². The van der Waals surface area contributed by atoms with Gasteiger partial charge in [-0.2, -0.15) is 15.2 Å². The maximum absolute atomic E-state index is 16.5. The molecule has 2 aliphatic heterocycles. The quantitative estimate of drug-likeness (QED) is 0.321. The van der Waals surface area contributed by atoms with Crippen LogP contribution in [0.2, 0.25) is 5.02 Å². The van der Waals surface area contributed by atoms with Crippen LogP contribution in [0.5, 0.6) is 11.8 Å². The minimum absolute atomic E-state index is 0.0169. The molecule has 2 aromatic carbocycles. The van der Waals surface area contributed by atoms with Gasteiger partial charge in [0.15, 0.2) is 11.6 Å². The second-order valence-electron chi connectivity index (χ2n) is 9.06. The van der Waals surface area contributed by atoms with Crippen molar-refractivity contribution in [2.24, 2.45) is 5.92 Å². The number of fused-ring (bicyclic) bond motifs is 2. The summed E-state index contributed by atoms with van der Waals surface area (Å²) in [5.41, 5.74) is 5.51. The molecule has 2 atom stereocenters. The standard InChI is InChI=1S/C25H18ClF4N5O3S/c1-36-25-33-20-17-21(38-7-9-6-37-8-13(9)35(5-14(28)29)24(17)34-25)18(26)16(19(20)30)10-2-3-12(27)22-15(10)11(4-31)23(32)39-22/h2-3,9,13-14H,5-8,32H2,1H3. The molecule has 202 valence electrons. The Balaban J connectivity index is 1.73. The molecular weight excluding hydrogens is 562 g/mol. The monoisotopic (exact) mass is 579 g/mol. The molecule has 6 rings (SSSR count). The lowest BCUT2D eigenvalue weighted by Gasteiger charge is -2.35. The van der Waals surface area contributed by atoms with Gasteiger partial charge < -0.3 is 24.8 Å². The van der Waals surface area contributed by atoms with Gasteiger partial charge in [-0.25, -0.2) is 17.6 Å². The van der Waals surface area contributed by atoms with Crippen molar-refractivity contribution in [1.82, 2.24) is 9.97 Å². The summed E-state index contributed by atoms with van der Waals surface area (Å²) in [6.45, 7) is -0.292. The number of anilines is 2. The molecule has 4 heterocycles. The Hall–Kier alpha value is -3.60. The van der Waals surface area contributed by atoms with Crippen LogP contribution in [0, 0.1) is 28.9 Å². The Morgan fingerprint density at radius 3 is 2.77 bits per heavy atom. The van der Waals surface area contributed by atoms with Gasteiger partial charge >= 0.3 is 6.01 Å². The molecule has 2 aliphatic rings. The number of hydrogen-bond donors (Lipinski definition) is 1. The molecule has 8 nitrogen and oxygen atoms in total. The highest BCUT2D eigenvalue weighted by Crippen LogP contribution is 2.51. The van der Waals surface area contributed by atoms with Crippen molar-refractivity contribution in [2.75, 3.05) is 44.1 Å². The van der Waals surface area contributed by atoms with Crippen molar-refractivity contribution in [3.63, 3.8) is 0 Å². The Morgan fingerprint density at radius 1 is 1.26 bits per heavy atom. The first kappa shape index (κ1) is 25.7. The van der Waals surface area contributed by atoms with E-state index in [0.29, 0.717) is 0 Å². The molecule has 2 unspecified atom stereocenters. The van der Waals surface area contributed by atoms with E-state index in [1.54, 1.807) is 0 Å². The summed E-state index contributed by atoms with van der Waals surface area (Å²) in [6.07, 6.45) is -2.74. The number of ether oxygens (including phenoxy) is 3. The molecule has 0 bridgehead atoms. The summed E-state index contributed by atoms with van der Waals surface area (Å²) in [5.74, 6) is -2.00. The molecule has 0 amide bonds. The van der Waals surface area contributed by atoms with Gasteiger partial charge in [-0.1, -0.05) is 17.7 Å². The zero-order valence-electron chi connectivity index (χ0n) is 20.1. The van der Waals surface area contributed by atoms with E-state index in [-0.39, 0.29) is 91.0 Å². The van der Waals surface area contributed by atoms with E-state index in [9.17, 15) is 18.4 Å². The van der Waals surface area contributed by atoms with Crippen LogP contribution < -0.4 is 20.1 Å². The first-order chi connectivity index (χ1) is 18.7. The van der Waals surface area contributed by atoms with E-state index < -0.39 is 30.6 Å². The van der Waals surface area contributed by atoms with Crippen molar-refractivity contribution in [1.29, 1.82) is 5.26 Å².